The average molecular weight is 235 g/mol. The third-order valence-corrected chi connectivity index (χ3v) is 2.51. The summed E-state index contributed by atoms with van der Waals surface area (Å²) < 4.78 is 26.0. The minimum absolute atomic E-state index is 0.528. The van der Waals surface area contributed by atoms with E-state index >= 15 is 0 Å². The van der Waals surface area contributed by atoms with Crippen LogP contribution in [0.15, 0.2) is 24.5 Å². The van der Waals surface area contributed by atoms with Crippen molar-refractivity contribution in [2.45, 2.75) is 6.92 Å². The molecule has 1 N–H and O–H groups in total. The van der Waals surface area contributed by atoms with Gasteiger partial charge in [0.2, 0.25) is 0 Å². The first kappa shape index (κ1) is 11.4. The van der Waals surface area contributed by atoms with Gasteiger partial charge < -0.3 is 5.32 Å². The first-order valence-electron chi connectivity index (χ1n) is 5.08. The number of aromatic nitrogens is 2. The van der Waals surface area contributed by atoms with Crippen molar-refractivity contribution in [3.63, 3.8) is 0 Å². The molecule has 2 rings (SSSR count). The highest BCUT2D eigenvalue weighted by molar-refractivity contribution is 5.67. The summed E-state index contributed by atoms with van der Waals surface area (Å²) >= 11 is 0. The van der Waals surface area contributed by atoms with Gasteiger partial charge in [0.1, 0.15) is 12.1 Å². The lowest BCUT2D eigenvalue weighted by Crippen LogP contribution is -1.99. The summed E-state index contributed by atoms with van der Waals surface area (Å²) in [6, 6.07) is 3.71. The Balaban J connectivity index is 2.56. The highest BCUT2D eigenvalue weighted by atomic mass is 19.2. The molecule has 88 valence electrons. The van der Waals surface area contributed by atoms with E-state index < -0.39 is 11.6 Å². The summed E-state index contributed by atoms with van der Waals surface area (Å²) in [6.45, 7) is 1.82. The molecular weight excluding hydrogens is 224 g/mol. The highest BCUT2D eigenvalue weighted by Crippen LogP contribution is 2.25. The molecule has 17 heavy (non-hydrogen) atoms. The molecule has 0 aliphatic carbocycles. The maximum atomic E-state index is 13.1. The predicted octanol–water partition coefficient (Wildman–Crippen LogP) is 2.77. The van der Waals surface area contributed by atoms with Crippen molar-refractivity contribution in [1.29, 1.82) is 0 Å². The van der Waals surface area contributed by atoms with Crippen molar-refractivity contribution in [1.82, 2.24) is 9.97 Å². The average Bonchev–Trinajstić information content (AvgIpc) is 2.33. The highest BCUT2D eigenvalue weighted by Gasteiger charge is 2.10. The summed E-state index contributed by atoms with van der Waals surface area (Å²) in [5.41, 5.74) is 1.91. The molecule has 0 aliphatic rings. The Bertz CT molecular complexity index is 555. The van der Waals surface area contributed by atoms with Gasteiger partial charge in [0, 0.05) is 18.2 Å². The number of hydrogen-bond donors (Lipinski definition) is 1. The Hall–Kier alpha value is -2.04. The van der Waals surface area contributed by atoms with E-state index in [1.807, 2.05) is 6.92 Å². The van der Waals surface area contributed by atoms with Crippen LogP contribution in [0.2, 0.25) is 0 Å². The molecule has 0 fully saturated rings. The van der Waals surface area contributed by atoms with Crippen molar-refractivity contribution >= 4 is 5.82 Å². The number of benzene rings is 1. The standard InChI is InChI=1S/C12H11F2N3/c1-7-11(16-6-17-12(7)15-2)8-3-4-9(13)10(14)5-8/h3-6H,1-2H3,(H,15,16,17). The van der Waals surface area contributed by atoms with E-state index in [4.69, 9.17) is 0 Å². The topological polar surface area (TPSA) is 37.8 Å². The van der Waals surface area contributed by atoms with Crippen LogP contribution in [-0.2, 0) is 0 Å². The van der Waals surface area contributed by atoms with Crippen molar-refractivity contribution in [3.05, 3.63) is 41.7 Å². The van der Waals surface area contributed by atoms with Crippen LogP contribution >= 0.6 is 0 Å². The van der Waals surface area contributed by atoms with Crippen LogP contribution in [0.5, 0.6) is 0 Å². The van der Waals surface area contributed by atoms with Crippen LogP contribution in [0.25, 0.3) is 11.3 Å². The number of halogens is 2. The van der Waals surface area contributed by atoms with Gasteiger partial charge in [-0.15, -0.1) is 0 Å². The zero-order chi connectivity index (χ0) is 12.4. The molecule has 0 amide bonds. The van der Waals surface area contributed by atoms with Gasteiger partial charge in [-0.05, 0) is 25.1 Å². The van der Waals surface area contributed by atoms with E-state index in [1.54, 1.807) is 7.05 Å². The van der Waals surface area contributed by atoms with Crippen LogP contribution in [-0.4, -0.2) is 17.0 Å². The summed E-state index contributed by atoms with van der Waals surface area (Å²) in [5.74, 6) is -1.08. The predicted molar refractivity (Wildman–Crippen MR) is 61.7 cm³/mol. The first-order valence-corrected chi connectivity index (χ1v) is 5.08. The fourth-order valence-corrected chi connectivity index (χ4v) is 1.64. The quantitative estimate of drug-likeness (QED) is 0.869. The largest absolute Gasteiger partial charge is 0.373 e. The lowest BCUT2D eigenvalue weighted by atomic mass is 10.1. The second-order valence-corrected chi connectivity index (χ2v) is 3.57. The van der Waals surface area contributed by atoms with Gasteiger partial charge >= 0.3 is 0 Å². The molecular formula is C12H11F2N3. The van der Waals surface area contributed by atoms with Crippen LogP contribution < -0.4 is 5.32 Å². The number of nitrogens with one attached hydrogen (secondary N) is 1. The van der Waals surface area contributed by atoms with Gasteiger partial charge in [0.15, 0.2) is 11.6 Å². The van der Waals surface area contributed by atoms with E-state index in [9.17, 15) is 8.78 Å². The first-order chi connectivity index (χ1) is 8.13. The van der Waals surface area contributed by atoms with Gasteiger partial charge in [-0.2, -0.15) is 0 Å². The Morgan fingerprint density at radius 3 is 2.53 bits per heavy atom. The molecule has 3 nitrogen and oxygen atoms in total. The maximum Gasteiger partial charge on any atom is 0.159 e. The molecule has 0 spiro atoms. The second kappa shape index (κ2) is 4.45. The molecule has 0 saturated heterocycles. The molecule has 0 atom stereocenters. The summed E-state index contributed by atoms with van der Waals surface area (Å²) in [7, 11) is 1.74. The van der Waals surface area contributed by atoms with Crippen molar-refractivity contribution < 1.29 is 8.78 Å². The fraction of sp³-hybridized carbons (Fsp3) is 0.167. The zero-order valence-electron chi connectivity index (χ0n) is 9.46. The Morgan fingerprint density at radius 1 is 1.12 bits per heavy atom. The van der Waals surface area contributed by atoms with E-state index in [-0.39, 0.29) is 0 Å². The molecule has 1 heterocycles. The molecule has 0 aliphatic heterocycles. The number of nitrogens with zero attached hydrogens (tertiary/aromatic N) is 2. The zero-order valence-corrected chi connectivity index (χ0v) is 9.46. The van der Waals surface area contributed by atoms with Gasteiger partial charge in [0.25, 0.3) is 0 Å². The molecule has 0 radical (unpaired) electrons. The van der Waals surface area contributed by atoms with Crippen molar-refractivity contribution in [3.8, 4) is 11.3 Å². The SMILES string of the molecule is CNc1ncnc(-c2ccc(F)c(F)c2)c1C. The van der Waals surface area contributed by atoms with Gasteiger partial charge in [0.05, 0.1) is 5.69 Å². The molecule has 2 aromatic rings. The fourth-order valence-electron chi connectivity index (χ4n) is 1.64. The lowest BCUT2D eigenvalue weighted by molar-refractivity contribution is 0.509. The minimum Gasteiger partial charge on any atom is -0.373 e. The van der Waals surface area contributed by atoms with Gasteiger partial charge in [-0.1, -0.05) is 0 Å². The van der Waals surface area contributed by atoms with E-state index in [0.717, 1.165) is 17.7 Å². The molecule has 0 unspecified atom stereocenters. The monoisotopic (exact) mass is 235 g/mol. The normalized spacial score (nSPS) is 10.4. The summed E-state index contributed by atoms with van der Waals surface area (Å²) in [4.78, 5) is 8.12. The van der Waals surface area contributed by atoms with Crippen LogP contribution in [0.1, 0.15) is 5.56 Å². The molecule has 1 aromatic carbocycles. The third kappa shape index (κ3) is 2.08. The van der Waals surface area contributed by atoms with E-state index in [0.29, 0.717) is 17.1 Å². The Labute approximate surface area is 97.5 Å². The van der Waals surface area contributed by atoms with E-state index in [1.165, 1.54) is 12.4 Å². The number of anilines is 1. The van der Waals surface area contributed by atoms with E-state index in [2.05, 4.69) is 15.3 Å². The van der Waals surface area contributed by atoms with Crippen molar-refractivity contribution in [2.75, 3.05) is 12.4 Å². The van der Waals surface area contributed by atoms with Gasteiger partial charge in [-0.3, -0.25) is 0 Å². The van der Waals surface area contributed by atoms with Gasteiger partial charge in [-0.25, -0.2) is 18.7 Å². The minimum atomic E-state index is -0.883. The Morgan fingerprint density at radius 2 is 1.88 bits per heavy atom. The summed E-state index contributed by atoms with van der Waals surface area (Å²) in [5, 5.41) is 2.91. The van der Waals surface area contributed by atoms with Crippen LogP contribution in [0.3, 0.4) is 0 Å². The molecule has 0 bridgehead atoms. The second-order valence-electron chi connectivity index (χ2n) is 3.57. The number of rotatable bonds is 2. The number of hydrogen-bond acceptors (Lipinski definition) is 3. The van der Waals surface area contributed by atoms with Crippen LogP contribution in [0, 0.1) is 18.6 Å². The lowest BCUT2D eigenvalue weighted by Gasteiger charge is -2.09. The maximum absolute atomic E-state index is 13.1. The smallest absolute Gasteiger partial charge is 0.159 e. The molecule has 1 aromatic heterocycles. The molecule has 5 heteroatoms. The molecule has 0 saturated carbocycles. The van der Waals surface area contributed by atoms with Crippen molar-refractivity contribution in [2.24, 2.45) is 0 Å². The van der Waals surface area contributed by atoms with Crippen LogP contribution in [0.4, 0.5) is 14.6 Å². The third-order valence-electron chi connectivity index (χ3n) is 2.51. The summed E-state index contributed by atoms with van der Waals surface area (Å²) in [6.07, 6.45) is 1.38. The Kier molecular flexibility index (Phi) is 2.99.